The molecule has 3 rings (SSSR count). The second kappa shape index (κ2) is 7.53. The van der Waals surface area contributed by atoms with Crippen molar-refractivity contribution in [3.05, 3.63) is 66.4 Å². The zero-order chi connectivity index (χ0) is 17.6. The minimum Gasteiger partial charge on any atom is -0.497 e. The van der Waals surface area contributed by atoms with Gasteiger partial charge in [0.05, 0.1) is 19.4 Å². The van der Waals surface area contributed by atoms with Crippen LogP contribution in [0.3, 0.4) is 0 Å². The SMILES string of the molecule is CCOc1cc(C(=O)Nc2cccc(OC)c2)nn1-c1ccccc1. The molecule has 0 atom stereocenters. The van der Waals surface area contributed by atoms with Crippen molar-refractivity contribution >= 4 is 11.6 Å². The van der Waals surface area contributed by atoms with Crippen LogP contribution in [0.2, 0.25) is 0 Å². The lowest BCUT2D eigenvalue weighted by Crippen LogP contribution is -2.13. The molecule has 6 nitrogen and oxygen atoms in total. The predicted octanol–water partition coefficient (Wildman–Crippen LogP) is 3.53. The van der Waals surface area contributed by atoms with E-state index in [0.717, 1.165) is 5.69 Å². The van der Waals surface area contributed by atoms with Gasteiger partial charge in [-0.1, -0.05) is 24.3 Å². The molecule has 0 saturated heterocycles. The van der Waals surface area contributed by atoms with E-state index in [9.17, 15) is 4.79 Å². The highest BCUT2D eigenvalue weighted by Crippen LogP contribution is 2.21. The van der Waals surface area contributed by atoms with Gasteiger partial charge in [0.15, 0.2) is 5.69 Å². The number of nitrogens with one attached hydrogen (secondary N) is 1. The zero-order valence-electron chi connectivity index (χ0n) is 14.1. The Morgan fingerprint density at radius 1 is 1.12 bits per heavy atom. The molecule has 1 aromatic heterocycles. The molecule has 6 heteroatoms. The second-order valence-corrected chi connectivity index (χ2v) is 5.23. The number of amides is 1. The van der Waals surface area contributed by atoms with Crippen LogP contribution < -0.4 is 14.8 Å². The molecular weight excluding hydrogens is 318 g/mol. The summed E-state index contributed by atoms with van der Waals surface area (Å²) in [6.45, 7) is 2.37. The van der Waals surface area contributed by atoms with E-state index in [1.807, 2.05) is 49.4 Å². The largest absolute Gasteiger partial charge is 0.497 e. The minimum absolute atomic E-state index is 0.273. The van der Waals surface area contributed by atoms with Gasteiger partial charge >= 0.3 is 0 Å². The molecule has 1 heterocycles. The van der Waals surface area contributed by atoms with E-state index in [4.69, 9.17) is 9.47 Å². The second-order valence-electron chi connectivity index (χ2n) is 5.23. The summed E-state index contributed by atoms with van der Waals surface area (Å²) in [6, 6.07) is 18.3. The van der Waals surface area contributed by atoms with Gasteiger partial charge in [-0.15, -0.1) is 0 Å². The molecule has 128 valence electrons. The number of rotatable bonds is 6. The maximum Gasteiger partial charge on any atom is 0.276 e. The standard InChI is InChI=1S/C19H19N3O3/c1-3-25-18-13-17(21-22(18)15-9-5-4-6-10-15)19(23)20-14-8-7-11-16(12-14)24-2/h4-13H,3H2,1-2H3,(H,20,23). The highest BCUT2D eigenvalue weighted by atomic mass is 16.5. The number of carbonyl (C=O) groups is 1. The fraction of sp³-hybridized carbons (Fsp3) is 0.158. The van der Waals surface area contributed by atoms with Crippen LogP contribution >= 0.6 is 0 Å². The van der Waals surface area contributed by atoms with Crippen LogP contribution in [0.25, 0.3) is 5.69 Å². The monoisotopic (exact) mass is 337 g/mol. The van der Waals surface area contributed by atoms with E-state index >= 15 is 0 Å². The Morgan fingerprint density at radius 3 is 2.64 bits per heavy atom. The Labute approximate surface area is 146 Å². The first-order valence-corrected chi connectivity index (χ1v) is 7.95. The summed E-state index contributed by atoms with van der Waals surface area (Å²) >= 11 is 0. The minimum atomic E-state index is -0.316. The molecule has 0 unspecified atom stereocenters. The van der Waals surface area contributed by atoms with Crippen LogP contribution in [-0.2, 0) is 0 Å². The summed E-state index contributed by atoms with van der Waals surface area (Å²) in [5.41, 5.74) is 1.73. The first kappa shape index (κ1) is 16.6. The average molecular weight is 337 g/mol. The number of para-hydroxylation sites is 1. The molecule has 0 aliphatic carbocycles. The van der Waals surface area contributed by atoms with E-state index in [1.165, 1.54) is 0 Å². The van der Waals surface area contributed by atoms with Crippen LogP contribution in [0.1, 0.15) is 17.4 Å². The van der Waals surface area contributed by atoms with Gasteiger partial charge in [-0.05, 0) is 31.2 Å². The number of aromatic nitrogens is 2. The third-order valence-corrected chi connectivity index (χ3v) is 3.53. The van der Waals surface area contributed by atoms with Gasteiger partial charge in [0, 0.05) is 17.8 Å². The van der Waals surface area contributed by atoms with Crippen LogP contribution in [0.15, 0.2) is 60.7 Å². The fourth-order valence-corrected chi connectivity index (χ4v) is 2.38. The lowest BCUT2D eigenvalue weighted by atomic mass is 10.3. The van der Waals surface area contributed by atoms with Gasteiger partial charge < -0.3 is 14.8 Å². The summed E-state index contributed by atoms with van der Waals surface area (Å²) in [7, 11) is 1.58. The molecule has 1 amide bonds. The lowest BCUT2D eigenvalue weighted by Gasteiger charge is -2.06. The topological polar surface area (TPSA) is 65.4 Å². The highest BCUT2D eigenvalue weighted by molar-refractivity contribution is 6.03. The first-order chi connectivity index (χ1) is 12.2. The van der Waals surface area contributed by atoms with E-state index in [-0.39, 0.29) is 11.6 Å². The normalized spacial score (nSPS) is 10.3. The average Bonchev–Trinajstić information content (AvgIpc) is 3.07. The van der Waals surface area contributed by atoms with Gasteiger partial charge in [0.2, 0.25) is 5.88 Å². The van der Waals surface area contributed by atoms with E-state index in [0.29, 0.717) is 23.9 Å². The number of ether oxygens (including phenoxy) is 2. The van der Waals surface area contributed by atoms with Crippen LogP contribution in [0.5, 0.6) is 11.6 Å². The lowest BCUT2D eigenvalue weighted by molar-refractivity contribution is 0.102. The molecule has 0 spiro atoms. The quantitative estimate of drug-likeness (QED) is 0.747. The molecule has 3 aromatic rings. The van der Waals surface area contributed by atoms with Crippen molar-refractivity contribution in [3.63, 3.8) is 0 Å². The van der Waals surface area contributed by atoms with Crippen molar-refractivity contribution in [2.75, 3.05) is 19.0 Å². The van der Waals surface area contributed by atoms with Crippen molar-refractivity contribution in [1.29, 1.82) is 0 Å². The van der Waals surface area contributed by atoms with Gasteiger partial charge in [0.25, 0.3) is 5.91 Å². The molecule has 0 saturated carbocycles. The Kier molecular flexibility index (Phi) is 4.99. The highest BCUT2D eigenvalue weighted by Gasteiger charge is 2.16. The number of hydrogen-bond donors (Lipinski definition) is 1. The number of carbonyl (C=O) groups excluding carboxylic acids is 1. The Morgan fingerprint density at radius 2 is 1.92 bits per heavy atom. The van der Waals surface area contributed by atoms with Crippen LogP contribution in [-0.4, -0.2) is 29.4 Å². The van der Waals surface area contributed by atoms with Crippen molar-refractivity contribution in [2.24, 2.45) is 0 Å². The molecule has 1 N–H and O–H groups in total. The number of benzene rings is 2. The van der Waals surface area contributed by atoms with E-state index < -0.39 is 0 Å². The molecule has 0 aliphatic rings. The van der Waals surface area contributed by atoms with Crippen molar-refractivity contribution in [2.45, 2.75) is 6.92 Å². The Balaban J connectivity index is 1.87. The van der Waals surface area contributed by atoms with Gasteiger partial charge in [-0.25, -0.2) is 4.68 Å². The fourth-order valence-electron chi connectivity index (χ4n) is 2.38. The molecule has 0 aliphatic heterocycles. The third-order valence-electron chi connectivity index (χ3n) is 3.53. The third kappa shape index (κ3) is 3.80. The Bertz CT molecular complexity index is 859. The number of nitrogens with zero attached hydrogens (tertiary/aromatic N) is 2. The summed E-state index contributed by atoms with van der Waals surface area (Å²) in [4.78, 5) is 12.5. The molecule has 0 bridgehead atoms. The molecule has 0 radical (unpaired) electrons. The van der Waals surface area contributed by atoms with Gasteiger partial charge in [-0.3, -0.25) is 4.79 Å². The predicted molar refractivity (Wildman–Crippen MR) is 95.7 cm³/mol. The van der Waals surface area contributed by atoms with Gasteiger partial charge in [0.1, 0.15) is 5.75 Å². The summed E-state index contributed by atoms with van der Waals surface area (Å²) in [5, 5.41) is 7.20. The maximum atomic E-state index is 12.5. The number of anilines is 1. The van der Waals surface area contributed by atoms with Crippen LogP contribution in [0, 0.1) is 0 Å². The summed E-state index contributed by atoms with van der Waals surface area (Å²) in [5.74, 6) is 0.871. The van der Waals surface area contributed by atoms with Crippen molar-refractivity contribution < 1.29 is 14.3 Å². The molecule has 0 fully saturated rings. The van der Waals surface area contributed by atoms with E-state index in [1.54, 1.807) is 30.0 Å². The first-order valence-electron chi connectivity index (χ1n) is 7.95. The molecule has 2 aromatic carbocycles. The summed E-state index contributed by atoms with van der Waals surface area (Å²) in [6.07, 6.45) is 0. The Hall–Kier alpha value is -3.28. The number of hydrogen-bond acceptors (Lipinski definition) is 4. The summed E-state index contributed by atoms with van der Waals surface area (Å²) < 4.78 is 12.4. The van der Waals surface area contributed by atoms with Gasteiger partial charge in [-0.2, -0.15) is 5.10 Å². The number of methoxy groups -OCH3 is 1. The maximum absolute atomic E-state index is 12.5. The zero-order valence-corrected chi connectivity index (χ0v) is 14.1. The smallest absolute Gasteiger partial charge is 0.276 e. The van der Waals surface area contributed by atoms with E-state index in [2.05, 4.69) is 10.4 Å². The van der Waals surface area contributed by atoms with Crippen LogP contribution in [0.4, 0.5) is 5.69 Å². The molecular formula is C19H19N3O3. The van der Waals surface area contributed by atoms with Crippen molar-refractivity contribution in [1.82, 2.24) is 9.78 Å². The van der Waals surface area contributed by atoms with Crippen molar-refractivity contribution in [3.8, 4) is 17.3 Å². The molecule has 25 heavy (non-hydrogen) atoms.